The number of hydrazone groups is 1. The minimum atomic E-state index is -6.44. The zero-order chi connectivity index (χ0) is 20.3. The van der Waals surface area contributed by atoms with Crippen molar-refractivity contribution >= 4 is 28.8 Å². The Morgan fingerprint density at radius 3 is 2.15 bits per heavy atom. The third-order valence-electron chi connectivity index (χ3n) is 2.77. The highest BCUT2D eigenvalue weighted by molar-refractivity contribution is 14.1. The second-order valence-corrected chi connectivity index (χ2v) is 6.38. The lowest BCUT2D eigenvalue weighted by Gasteiger charge is -2.27. The molecule has 12 heteroatoms. The van der Waals surface area contributed by atoms with E-state index in [0.29, 0.717) is 21.0 Å². The van der Waals surface area contributed by atoms with Gasteiger partial charge in [-0.15, -0.1) is 0 Å². The van der Waals surface area contributed by atoms with Gasteiger partial charge in [0.25, 0.3) is 0 Å². The average Bonchev–Trinajstić information content (AvgIpc) is 2.47. The van der Waals surface area contributed by atoms with E-state index in [0.717, 1.165) is 0 Å². The Bertz CT molecular complexity index is 663. The van der Waals surface area contributed by atoms with Gasteiger partial charge in [-0.2, -0.15) is 35.8 Å². The molecule has 1 N–H and O–H groups in total. The van der Waals surface area contributed by atoms with Gasteiger partial charge < -0.3 is 9.47 Å². The summed E-state index contributed by atoms with van der Waals surface area (Å²) in [5.74, 6) is -5.72. The number of halogens is 8. The number of benzene rings is 1. The molecular formula is C14H14F7IN2O2. The second kappa shape index (κ2) is 8.05. The van der Waals surface area contributed by atoms with Gasteiger partial charge in [-0.25, -0.2) is 5.43 Å². The number of methoxy groups -OCH3 is 1. The molecule has 0 radical (unpaired) electrons. The van der Waals surface area contributed by atoms with Gasteiger partial charge >= 0.3 is 18.1 Å². The maximum atomic E-state index is 13.1. The Hall–Kier alpha value is -1.47. The van der Waals surface area contributed by atoms with Crippen LogP contribution in [0.15, 0.2) is 17.2 Å². The zero-order valence-corrected chi connectivity index (χ0v) is 15.8. The van der Waals surface area contributed by atoms with Gasteiger partial charge in [-0.05, 0) is 54.1 Å². The van der Waals surface area contributed by atoms with Crippen LogP contribution in [0, 0.1) is 3.57 Å². The van der Waals surface area contributed by atoms with Gasteiger partial charge in [0.05, 0.1) is 23.0 Å². The molecule has 4 nitrogen and oxygen atoms in total. The Kier molecular flexibility index (Phi) is 6.98. The van der Waals surface area contributed by atoms with Crippen molar-refractivity contribution in [2.45, 2.75) is 38.1 Å². The fourth-order valence-corrected chi connectivity index (χ4v) is 2.35. The van der Waals surface area contributed by atoms with Crippen molar-refractivity contribution in [1.82, 2.24) is 5.43 Å². The van der Waals surface area contributed by atoms with Crippen LogP contribution in [0.3, 0.4) is 0 Å². The van der Waals surface area contributed by atoms with Crippen LogP contribution in [0.1, 0.15) is 19.4 Å². The molecule has 0 aromatic heterocycles. The largest absolute Gasteiger partial charge is 0.493 e. The second-order valence-electron chi connectivity index (χ2n) is 5.22. The molecular weight excluding hydrogens is 488 g/mol. The normalized spacial score (nSPS) is 13.4. The Balaban J connectivity index is 3.04. The first-order chi connectivity index (χ1) is 11.7. The molecule has 0 unspecified atom stereocenters. The van der Waals surface area contributed by atoms with E-state index in [4.69, 9.17) is 9.47 Å². The van der Waals surface area contributed by atoms with Crippen LogP contribution in [-0.2, 0) is 0 Å². The number of nitrogens with zero attached hydrogens (tertiary/aromatic N) is 1. The number of hydrogen-bond donors (Lipinski definition) is 1. The van der Waals surface area contributed by atoms with Crippen molar-refractivity contribution in [3.63, 3.8) is 0 Å². The van der Waals surface area contributed by atoms with Gasteiger partial charge in [-0.1, -0.05) is 0 Å². The highest BCUT2D eigenvalue weighted by atomic mass is 127. The standard InChI is InChI=1S/C14H14F7IN2O2/c1-7(2)26-11-9(22)4-8(5-10(11)25-3)6-23-24-14(20,21)12(15,16)13(17,18)19/h4-7,24H,1-3H3/b23-6-. The number of hydrogen-bond acceptors (Lipinski definition) is 4. The Labute approximate surface area is 157 Å². The molecule has 0 bridgehead atoms. The lowest BCUT2D eigenvalue weighted by Crippen LogP contribution is -2.58. The molecule has 0 aliphatic carbocycles. The van der Waals surface area contributed by atoms with Crippen LogP contribution in [0.5, 0.6) is 11.5 Å². The molecule has 1 aromatic carbocycles. The van der Waals surface area contributed by atoms with Crippen LogP contribution in [-0.4, -0.2) is 37.6 Å². The van der Waals surface area contributed by atoms with E-state index in [1.807, 2.05) is 22.6 Å². The maximum Gasteiger partial charge on any atom is 0.462 e. The summed E-state index contributed by atoms with van der Waals surface area (Å²) in [6.45, 7) is 3.52. The third kappa shape index (κ3) is 5.04. The van der Waals surface area contributed by atoms with Gasteiger partial charge in [0.15, 0.2) is 11.5 Å². The molecule has 0 saturated heterocycles. The molecule has 0 aliphatic rings. The summed E-state index contributed by atoms with van der Waals surface area (Å²) in [6.07, 6.45) is -5.97. The lowest BCUT2D eigenvalue weighted by atomic mass is 10.2. The minimum absolute atomic E-state index is 0.112. The topological polar surface area (TPSA) is 42.8 Å². The predicted molar refractivity (Wildman–Crippen MR) is 88.2 cm³/mol. The SMILES string of the molecule is COc1cc(/C=N\NC(F)(F)C(F)(F)C(F)(F)F)cc(I)c1OC(C)C. The summed E-state index contributed by atoms with van der Waals surface area (Å²) in [5.41, 5.74) is 0.662. The van der Waals surface area contributed by atoms with E-state index in [9.17, 15) is 30.7 Å². The fraction of sp³-hybridized carbons (Fsp3) is 0.500. The molecule has 0 fully saturated rings. The smallest absolute Gasteiger partial charge is 0.462 e. The number of rotatable bonds is 7. The van der Waals surface area contributed by atoms with Crippen molar-refractivity contribution in [2.24, 2.45) is 5.10 Å². The fourth-order valence-electron chi connectivity index (χ4n) is 1.60. The molecule has 0 amide bonds. The number of nitrogens with one attached hydrogen (secondary N) is 1. The van der Waals surface area contributed by atoms with Gasteiger partial charge in [0.1, 0.15) is 0 Å². The first-order valence-corrected chi connectivity index (χ1v) is 7.97. The Morgan fingerprint density at radius 2 is 1.69 bits per heavy atom. The van der Waals surface area contributed by atoms with Crippen molar-refractivity contribution in [3.05, 3.63) is 21.3 Å². The Morgan fingerprint density at radius 1 is 1.12 bits per heavy atom. The highest BCUT2D eigenvalue weighted by Gasteiger charge is 2.73. The summed E-state index contributed by atoms with van der Waals surface area (Å²) in [7, 11) is 1.32. The highest BCUT2D eigenvalue weighted by Crippen LogP contribution is 2.45. The van der Waals surface area contributed by atoms with E-state index in [1.165, 1.54) is 19.2 Å². The van der Waals surface area contributed by atoms with Crippen molar-refractivity contribution in [3.8, 4) is 11.5 Å². The molecule has 0 heterocycles. The lowest BCUT2D eigenvalue weighted by molar-refractivity contribution is -0.361. The van der Waals surface area contributed by atoms with Crippen LogP contribution in [0.25, 0.3) is 0 Å². The van der Waals surface area contributed by atoms with Crippen molar-refractivity contribution < 1.29 is 40.2 Å². The quantitative estimate of drug-likeness (QED) is 0.192. The van der Waals surface area contributed by atoms with Crippen molar-refractivity contribution in [2.75, 3.05) is 7.11 Å². The molecule has 26 heavy (non-hydrogen) atoms. The zero-order valence-electron chi connectivity index (χ0n) is 13.6. The molecule has 0 aliphatic heterocycles. The van der Waals surface area contributed by atoms with E-state index in [1.54, 1.807) is 13.8 Å². The molecule has 0 spiro atoms. The van der Waals surface area contributed by atoms with Crippen molar-refractivity contribution in [1.29, 1.82) is 0 Å². The van der Waals surface area contributed by atoms with E-state index in [-0.39, 0.29) is 17.4 Å². The van der Waals surface area contributed by atoms with Gasteiger partial charge in [0, 0.05) is 0 Å². The summed E-state index contributed by atoms with van der Waals surface area (Å²) in [4.78, 5) is 0. The first kappa shape index (κ1) is 22.6. The van der Waals surface area contributed by atoms with Gasteiger partial charge in [0.2, 0.25) is 0 Å². The van der Waals surface area contributed by atoms with E-state index in [2.05, 4.69) is 5.10 Å². The summed E-state index contributed by atoms with van der Waals surface area (Å²) < 4.78 is 98.8. The average molecular weight is 502 g/mol. The summed E-state index contributed by atoms with van der Waals surface area (Å²) in [6, 6.07) is -2.93. The van der Waals surface area contributed by atoms with E-state index >= 15 is 0 Å². The van der Waals surface area contributed by atoms with Crippen LogP contribution < -0.4 is 14.9 Å². The maximum absolute atomic E-state index is 13.1. The molecule has 0 saturated carbocycles. The first-order valence-electron chi connectivity index (χ1n) is 6.89. The van der Waals surface area contributed by atoms with Crippen LogP contribution in [0.2, 0.25) is 0 Å². The molecule has 1 rings (SSSR count). The monoisotopic (exact) mass is 502 g/mol. The summed E-state index contributed by atoms with van der Waals surface area (Å²) >= 11 is 1.86. The van der Waals surface area contributed by atoms with E-state index < -0.39 is 18.1 Å². The van der Waals surface area contributed by atoms with Crippen LogP contribution >= 0.6 is 22.6 Å². The summed E-state index contributed by atoms with van der Waals surface area (Å²) in [5, 5.41) is 2.80. The number of alkyl halides is 7. The number of ether oxygens (including phenoxy) is 2. The predicted octanol–water partition coefficient (Wildman–Crippen LogP) is 4.80. The molecule has 148 valence electrons. The van der Waals surface area contributed by atoms with Gasteiger partial charge in [-0.3, -0.25) is 0 Å². The third-order valence-corrected chi connectivity index (χ3v) is 3.58. The molecule has 0 atom stereocenters. The molecule has 1 aromatic rings. The van der Waals surface area contributed by atoms with Crippen LogP contribution in [0.4, 0.5) is 30.7 Å². The minimum Gasteiger partial charge on any atom is -0.493 e.